The van der Waals surface area contributed by atoms with Crippen LogP contribution in [0.15, 0.2) is 54.6 Å². The van der Waals surface area contributed by atoms with Crippen LogP contribution in [0.5, 0.6) is 0 Å². The van der Waals surface area contributed by atoms with Crippen LogP contribution in [-0.4, -0.2) is 17.9 Å². The predicted molar refractivity (Wildman–Crippen MR) is 87.4 cm³/mol. The first kappa shape index (κ1) is 17.7. The van der Waals surface area contributed by atoms with Crippen molar-refractivity contribution in [3.05, 3.63) is 70.7 Å². The van der Waals surface area contributed by atoms with Gasteiger partial charge < -0.3 is 9.47 Å². The van der Waals surface area contributed by atoms with Crippen LogP contribution in [0.4, 0.5) is 0 Å². The van der Waals surface area contributed by atoms with Crippen LogP contribution >= 0.6 is 11.6 Å². The minimum atomic E-state index is -1.33. The molecule has 0 N–H and O–H groups in total. The van der Waals surface area contributed by atoms with E-state index in [0.29, 0.717) is 10.6 Å². The van der Waals surface area contributed by atoms with Crippen LogP contribution in [0.3, 0.4) is 0 Å². The van der Waals surface area contributed by atoms with E-state index in [1.807, 2.05) is 0 Å². The van der Waals surface area contributed by atoms with E-state index >= 15 is 0 Å². The summed E-state index contributed by atoms with van der Waals surface area (Å²) in [4.78, 5) is 35.8. The maximum absolute atomic E-state index is 12.2. The van der Waals surface area contributed by atoms with Crippen LogP contribution in [0, 0.1) is 0 Å². The van der Waals surface area contributed by atoms with Crippen LogP contribution < -0.4 is 0 Å². The highest BCUT2D eigenvalue weighted by atomic mass is 35.5. The molecule has 0 saturated heterocycles. The van der Waals surface area contributed by atoms with E-state index in [-0.39, 0.29) is 12.0 Å². The minimum Gasteiger partial charge on any atom is -0.442 e. The lowest BCUT2D eigenvalue weighted by atomic mass is 10.1. The summed E-state index contributed by atoms with van der Waals surface area (Å²) >= 11 is 5.78. The number of esters is 3. The van der Waals surface area contributed by atoms with Gasteiger partial charge in [0.05, 0.1) is 5.56 Å². The predicted octanol–water partition coefficient (Wildman–Crippen LogP) is 3.72. The molecule has 0 saturated carbocycles. The quantitative estimate of drug-likeness (QED) is 0.609. The van der Waals surface area contributed by atoms with Gasteiger partial charge in [0, 0.05) is 17.0 Å². The molecule has 0 aliphatic rings. The molecule has 0 aromatic heterocycles. The largest absolute Gasteiger partial charge is 0.442 e. The molecule has 0 aliphatic carbocycles. The van der Waals surface area contributed by atoms with Crippen LogP contribution in [-0.2, 0) is 19.1 Å². The number of carbonyl (C=O) groups is 3. The van der Waals surface area contributed by atoms with E-state index in [4.69, 9.17) is 21.1 Å². The summed E-state index contributed by atoms with van der Waals surface area (Å²) < 4.78 is 9.96. The highest BCUT2D eigenvalue weighted by molar-refractivity contribution is 6.30. The molecule has 5 nitrogen and oxygen atoms in total. The van der Waals surface area contributed by atoms with Gasteiger partial charge >= 0.3 is 17.9 Å². The molecule has 24 heavy (non-hydrogen) atoms. The average molecular weight is 347 g/mol. The Kier molecular flexibility index (Phi) is 6.09. The van der Waals surface area contributed by atoms with Gasteiger partial charge in [-0.05, 0) is 24.3 Å². The van der Waals surface area contributed by atoms with E-state index in [0.717, 1.165) is 0 Å². The Hall–Kier alpha value is -2.66. The molecule has 2 aromatic carbocycles. The lowest BCUT2D eigenvalue weighted by Gasteiger charge is -2.16. The first-order chi connectivity index (χ1) is 11.5. The normalized spacial score (nSPS) is 11.4. The first-order valence-corrected chi connectivity index (χ1v) is 7.65. The molecular formula is C18H15ClO5. The van der Waals surface area contributed by atoms with Crippen molar-refractivity contribution in [2.24, 2.45) is 0 Å². The minimum absolute atomic E-state index is 0.0401. The average Bonchev–Trinajstić information content (AvgIpc) is 2.60. The van der Waals surface area contributed by atoms with E-state index in [9.17, 15) is 14.4 Å². The first-order valence-electron chi connectivity index (χ1n) is 7.27. The van der Waals surface area contributed by atoms with Crippen molar-refractivity contribution in [2.75, 3.05) is 0 Å². The van der Waals surface area contributed by atoms with E-state index < -0.39 is 24.0 Å². The van der Waals surface area contributed by atoms with Gasteiger partial charge in [-0.15, -0.1) is 0 Å². The molecule has 2 rings (SSSR count). The summed E-state index contributed by atoms with van der Waals surface area (Å²) in [6, 6.07) is 14.4. The fraction of sp³-hybridized carbons (Fsp3) is 0.167. The second-order valence-electron chi connectivity index (χ2n) is 4.85. The molecular weight excluding hydrogens is 332 g/mol. The number of carbonyl (C=O) groups excluding carboxylic acids is 3. The topological polar surface area (TPSA) is 69.7 Å². The van der Waals surface area contributed by atoms with Gasteiger partial charge in [-0.1, -0.05) is 48.9 Å². The highest BCUT2D eigenvalue weighted by Crippen LogP contribution is 2.22. The van der Waals surface area contributed by atoms with Gasteiger partial charge in [0.25, 0.3) is 0 Å². The van der Waals surface area contributed by atoms with Crippen molar-refractivity contribution >= 4 is 29.5 Å². The van der Waals surface area contributed by atoms with Crippen molar-refractivity contribution in [1.29, 1.82) is 0 Å². The molecule has 6 heteroatoms. The third kappa shape index (κ3) is 4.67. The monoisotopic (exact) mass is 346 g/mol. The summed E-state index contributed by atoms with van der Waals surface area (Å²) in [5.41, 5.74) is 0.642. The van der Waals surface area contributed by atoms with Gasteiger partial charge in [-0.2, -0.15) is 0 Å². The molecule has 0 heterocycles. The van der Waals surface area contributed by atoms with Crippen molar-refractivity contribution < 1.29 is 23.9 Å². The fourth-order valence-electron chi connectivity index (χ4n) is 1.88. The SMILES string of the molecule is CCC(=O)OC(=O)C(OC(=O)c1ccc(Cl)cc1)c1ccccc1. The summed E-state index contributed by atoms with van der Waals surface area (Å²) in [6.07, 6.45) is -1.29. The van der Waals surface area contributed by atoms with Crippen molar-refractivity contribution in [3.8, 4) is 0 Å². The van der Waals surface area contributed by atoms with E-state index in [2.05, 4.69) is 0 Å². The lowest BCUT2D eigenvalue weighted by Crippen LogP contribution is -2.24. The number of rotatable bonds is 5. The van der Waals surface area contributed by atoms with Gasteiger partial charge in [0.2, 0.25) is 6.10 Å². The Morgan fingerprint density at radius 3 is 2.21 bits per heavy atom. The molecule has 124 valence electrons. The van der Waals surface area contributed by atoms with Crippen LogP contribution in [0.1, 0.15) is 35.4 Å². The molecule has 2 aromatic rings. The van der Waals surface area contributed by atoms with Gasteiger partial charge in [-0.25, -0.2) is 9.59 Å². The second-order valence-corrected chi connectivity index (χ2v) is 5.29. The molecule has 0 fully saturated rings. The van der Waals surface area contributed by atoms with Gasteiger partial charge in [0.1, 0.15) is 0 Å². The third-order valence-electron chi connectivity index (χ3n) is 3.12. The summed E-state index contributed by atoms with van der Waals surface area (Å²) in [7, 11) is 0. The standard InChI is InChI=1S/C18H15ClO5/c1-2-15(20)23-18(22)16(12-6-4-3-5-7-12)24-17(21)13-8-10-14(19)11-9-13/h3-11,16H,2H2,1H3. The summed E-state index contributed by atoms with van der Waals surface area (Å²) in [5.74, 6) is -2.35. The number of ether oxygens (including phenoxy) is 2. The maximum atomic E-state index is 12.2. The fourth-order valence-corrected chi connectivity index (χ4v) is 2.00. The van der Waals surface area contributed by atoms with Crippen LogP contribution in [0.2, 0.25) is 5.02 Å². The molecule has 0 amide bonds. The Morgan fingerprint density at radius 2 is 1.62 bits per heavy atom. The highest BCUT2D eigenvalue weighted by Gasteiger charge is 2.28. The zero-order valence-electron chi connectivity index (χ0n) is 12.9. The number of benzene rings is 2. The zero-order chi connectivity index (χ0) is 17.5. The molecule has 0 bridgehead atoms. The molecule has 0 aliphatic heterocycles. The Bertz CT molecular complexity index is 725. The Labute approximate surface area is 144 Å². The van der Waals surface area contributed by atoms with Gasteiger partial charge in [0.15, 0.2) is 0 Å². The molecule has 0 spiro atoms. The molecule has 1 unspecified atom stereocenters. The Morgan fingerprint density at radius 1 is 1.00 bits per heavy atom. The number of halogens is 1. The maximum Gasteiger partial charge on any atom is 0.359 e. The molecule has 1 atom stereocenters. The van der Waals surface area contributed by atoms with Gasteiger partial charge in [-0.3, -0.25) is 4.79 Å². The van der Waals surface area contributed by atoms with E-state index in [1.54, 1.807) is 37.3 Å². The van der Waals surface area contributed by atoms with Crippen molar-refractivity contribution in [3.63, 3.8) is 0 Å². The lowest BCUT2D eigenvalue weighted by molar-refractivity contribution is -0.166. The smallest absolute Gasteiger partial charge is 0.359 e. The third-order valence-corrected chi connectivity index (χ3v) is 3.38. The van der Waals surface area contributed by atoms with Crippen molar-refractivity contribution in [1.82, 2.24) is 0 Å². The second kappa shape index (κ2) is 8.26. The van der Waals surface area contributed by atoms with E-state index in [1.165, 1.54) is 24.3 Å². The zero-order valence-corrected chi connectivity index (χ0v) is 13.7. The molecule has 0 radical (unpaired) electrons. The Balaban J connectivity index is 2.22. The number of hydrogen-bond donors (Lipinski definition) is 0. The van der Waals surface area contributed by atoms with Crippen LogP contribution in [0.25, 0.3) is 0 Å². The summed E-state index contributed by atoms with van der Waals surface area (Å²) in [5, 5.41) is 0.471. The summed E-state index contributed by atoms with van der Waals surface area (Å²) in [6.45, 7) is 1.56. The number of hydrogen-bond acceptors (Lipinski definition) is 5. The van der Waals surface area contributed by atoms with Crippen molar-refractivity contribution in [2.45, 2.75) is 19.4 Å².